The second kappa shape index (κ2) is 7.34. The van der Waals surface area contributed by atoms with Crippen LogP contribution >= 0.6 is 23.2 Å². The second-order valence-corrected chi connectivity index (χ2v) is 5.27. The maximum Gasteiger partial charge on any atom is 0.189 e. The quantitative estimate of drug-likeness (QED) is 0.575. The zero-order valence-corrected chi connectivity index (χ0v) is 13.6. The van der Waals surface area contributed by atoms with E-state index in [0.29, 0.717) is 32.7 Å². The van der Waals surface area contributed by atoms with Gasteiger partial charge < -0.3 is 9.47 Å². The minimum absolute atomic E-state index is 0.189. The Kier molecular flexibility index (Phi) is 5.47. The Labute approximate surface area is 139 Å². The molecule has 0 atom stereocenters. The van der Waals surface area contributed by atoms with Crippen molar-refractivity contribution >= 4 is 35.1 Å². The highest BCUT2D eigenvalue weighted by molar-refractivity contribution is 6.35. The monoisotopic (exact) mass is 336 g/mol. The predicted octanol–water partition coefficient (Wildman–Crippen LogP) is 4.91. The van der Waals surface area contributed by atoms with Gasteiger partial charge in [-0.05, 0) is 42.0 Å². The van der Waals surface area contributed by atoms with Crippen molar-refractivity contribution in [2.75, 3.05) is 14.2 Å². The zero-order valence-electron chi connectivity index (χ0n) is 12.1. The lowest BCUT2D eigenvalue weighted by molar-refractivity contribution is 0.104. The van der Waals surface area contributed by atoms with Crippen LogP contribution in [0.3, 0.4) is 0 Å². The molecule has 2 rings (SSSR count). The maximum atomic E-state index is 12.3. The highest BCUT2D eigenvalue weighted by Crippen LogP contribution is 2.26. The molecule has 0 aliphatic rings. The lowest BCUT2D eigenvalue weighted by atomic mass is 10.1. The molecule has 0 N–H and O–H groups in total. The molecule has 0 aromatic heterocycles. The van der Waals surface area contributed by atoms with Crippen molar-refractivity contribution in [3.63, 3.8) is 0 Å². The van der Waals surface area contributed by atoms with Crippen molar-refractivity contribution in [2.45, 2.75) is 0 Å². The second-order valence-electron chi connectivity index (χ2n) is 4.43. The summed E-state index contributed by atoms with van der Waals surface area (Å²) >= 11 is 11.9. The number of hydrogen-bond acceptors (Lipinski definition) is 3. The lowest BCUT2D eigenvalue weighted by Crippen LogP contribution is -1.99. The molecule has 0 saturated carbocycles. The molecule has 2 aromatic carbocycles. The summed E-state index contributed by atoms with van der Waals surface area (Å²) in [4.78, 5) is 12.3. The molecule has 0 bridgehead atoms. The molecule has 22 heavy (non-hydrogen) atoms. The van der Waals surface area contributed by atoms with E-state index in [1.54, 1.807) is 49.6 Å². The molecule has 0 amide bonds. The summed E-state index contributed by atoms with van der Waals surface area (Å²) in [5.41, 5.74) is 1.16. The Morgan fingerprint density at radius 3 is 2.45 bits per heavy atom. The van der Waals surface area contributed by atoms with Gasteiger partial charge in [-0.3, -0.25) is 4.79 Å². The first kappa shape index (κ1) is 16.4. The van der Waals surface area contributed by atoms with Gasteiger partial charge in [0.15, 0.2) is 5.78 Å². The van der Waals surface area contributed by atoms with Crippen LogP contribution < -0.4 is 9.47 Å². The van der Waals surface area contributed by atoms with E-state index in [4.69, 9.17) is 32.7 Å². The standard InChI is InChI=1S/C17H14Cl2O3/c1-21-13-6-7-14(17(10-13)22-2)16(20)8-4-11-3-5-12(18)9-15(11)19/h3-10H,1-2H3/b8-4-. The molecule has 0 unspecified atom stereocenters. The van der Waals surface area contributed by atoms with Gasteiger partial charge in [-0.1, -0.05) is 29.3 Å². The molecule has 0 aliphatic carbocycles. The summed E-state index contributed by atoms with van der Waals surface area (Å²) < 4.78 is 10.3. The molecule has 114 valence electrons. The third kappa shape index (κ3) is 3.81. The van der Waals surface area contributed by atoms with E-state index < -0.39 is 0 Å². The fourth-order valence-corrected chi connectivity index (χ4v) is 2.37. The third-order valence-electron chi connectivity index (χ3n) is 3.05. The molecular weight excluding hydrogens is 323 g/mol. The van der Waals surface area contributed by atoms with Crippen LogP contribution in [0.1, 0.15) is 15.9 Å². The Bertz CT molecular complexity index is 724. The third-order valence-corrected chi connectivity index (χ3v) is 3.61. The summed E-state index contributed by atoms with van der Waals surface area (Å²) in [6, 6.07) is 10.1. The fraction of sp³-hybridized carbons (Fsp3) is 0.118. The SMILES string of the molecule is COc1ccc(C(=O)/C=C\c2ccc(Cl)cc2Cl)c(OC)c1. The molecule has 0 saturated heterocycles. The highest BCUT2D eigenvalue weighted by atomic mass is 35.5. The molecule has 5 heteroatoms. The van der Waals surface area contributed by atoms with Crippen molar-refractivity contribution < 1.29 is 14.3 Å². The highest BCUT2D eigenvalue weighted by Gasteiger charge is 2.11. The summed E-state index contributed by atoms with van der Waals surface area (Å²) in [6.45, 7) is 0. The van der Waals surface area contributed by atoms with Crippen LogP contribution in [-0.2, 0) is 0 Å². The molecule has 0 spiro atoms. The molecule has 3 nitrogen and oxygen atoms in total. The average Bonchev–Trinajstić information content (AvgIpc) is 2.53. The van der Waals surface area contributed by atoms with Gasteiger partial charge in [-0.15, -0.1) is 0 Å². The van der Waals surface area contributed by atoms with E-state index in [0.717, 1.165) is 0 Å². The smallest absolute Gasteiger partial charge is 0.189 e. The van der Waals surface area contributed by atoms with Gasteiger partial charge in [0.05, 0.1) is 19.8 Å². The van der Waals surface area contributed by atoms with Gasteiger partial charge in [0.25, 0.3) is 0 Å². The Morgan fingerprint density at radius 1 is 1.05 bits per heavy atom. The van der Waals surface area contributed by atoms with E-state index in [1.165, 1.54) is 13.2 Å². The van der Waals surface area contributed by atoms with Gasteiger partial charge in [-0.25, -0.2) is 0 Å². The number of ketones is 1. The van der Waals surface area contributed by atoms with Gasteiger partial charge in [0, 0.05) is 16.1 Å². The molecular formula is C17H14Cl2O3. The molecule has 0 heterocycles. The van der Waals surface area contributed by atoms with Crippen LogP contribution in [0.15, 0.2) is 42.5 Å². The van der Waals surface area contributed by atoms with Crippen molar-refractivity contribution in [1.29, 1.82) is 0 Å². The van der Waals surface area contributed by atoms with E-state index in [1.807, 2.05) is 0 Å². The van der Waals surface area contributed by atoms with Crippen LogP contribution in [0, 0.1) is 0 Å². The summed E-state index contributed by atoms with van der Waals surface area (Å²) in [5.74, 6) is 0.889. The van der Waals surface area contributed by atoms with Gasteiger partial charge in [0.1, 0.15) is 11.5 Å². The van der Waals surface area contributed by atoms with Crippen LogP contribution in [0.4, 0.5) is 0 Å². The van der Waals surface area contributed by atoms with Crippen LogP contribution in [0.25, 0.3) is 6.08 Å². The number of hydrogen-bond donors (Lipinski definition) is 0. The van der Waals surface area contributed by atoms with E-state index in [-0.39, 0.29) is 5.78 Å². The lowest BCUT2D eigenvalue weighted by Gasteiger charge is -2.08. The van der Waals surface area contributed by atoms with E-state index >= 15 is 0 Å². The topological polar surface area (TPSA) is 35.5 Å². The number of ether oxygens (including phenoxy) is 2. The van der Waals surface area contributed by atoms with Gasteiger partial charge in [-0.2, -0.15) is 0 Å². The normalized spacial score (nSPS) is 10.7. The average molecular weight is 337 g/mol. The fourth-order valence-electron chi connectivity index (χ4n) is 1.89. The van der Waals surface area contributed by atoms with Crippen molar-refractivity contribution in [3.8, 4) is 11.5 Å². The van der Waals surface area contributed by atoms with Crippen LogP contribution in [-0.4, -0.2) is 20.0 Å². The number of allylic oxidation sites excluding steroid dienone is 1. The van der Waals surface area contributed by atoms with Crippen LogP contribution in [0.5, 0.6) is 11.5 Å². The van der Waals surface area contributed by atoms with E-state index in [9.17, 15) is 4.79 Å². The van der Waals surface area contributed by atoms with Crippen LogP contribution in [0.2, 0.25) is 10.0 Å². The Morgan fingerprint density at radius 2 is 1.82 bits per heavy atom. The van der Waals surface area contributed by atoms with Gasteiger partial charge >= 0.3 is 0 Å². The minimum atomic E-state index is -0.189. The number of rotatable bonds is 5. The largest absolute Gasteiger partial charge is 0.497 e. The maximum absolute atomic E-state index is 12.3. The number of benzene rings is 2. The zero-order chi connectivity index (χ0) is 16.1. The first-order valence-corrected chi connectivity index (χ1v) is 7.20. The Hall–Kier alpha value is -1.97. The predicted molar refractivity (Wildman–Crippen MR) is 89.4 cm³/mol. The molecule has 0 radical (unpaired) electrons. The first-order chi connectivity index (χ1) is 10.5. The number of carbonyl (C=O) groups is 1. The summed E-state index contributed by atoms with van der Waals surface area (Å²) in [7, 11) is 3.06. The number of carbonyl (C=O) groups excluding carboxylic acids is 1. The Balaban J connectivity index is 2.27. The van der Waals surface area contributed by atoms with E-state index in [2.05, 4.69) is 0 Å². The van der Waals surface area contributed by atoms with Crippen molar-refractivity contribution in [1.82, 2.24) is 0 Å². The number of methoxy groups -OCH3 is 2. The summed E-state index contributed by atoms with van der Waals surface area (Å²) in [6.07, 6.45) is 3.09. The first-order valence-electron chi connectivity index (χ1n) is 6.44. The minimum Gasteiger partial charge on any atom is -0.497 e. The van der Waals surface area contributed by atoms with Crippen molar-refractivity contribution in [3.05, 3.63) is 63.6 Å². The summed E-state index contributed by atoms with van der Waals surface area (Å²) in [5, 5.41) is 1.03. The molecule has 2 aromatic rings. The molecule has 0 fully saturated rings. The molecule has 0 aliphatic heterocycles. The van der Waals surface area contributed by atoms with Crippen molar-refractivity contribution in [2.24, 2.45) is 0 Å². The number of halogens is 2. The van der Waals surface area contributed by atoms with Gasteiger partial charge in [0.2, 0.25) is 0 Å².